The van der Waals surface area contributed by atoms with Crippen molar-refractivity contribution < 1.29 is 19.1 Å². The van der Waals surface area contributed by atoms with Crippen LogP contribution in [-0.2, 0) is 14.3 Å². The van der Waals surface area contributed by atoms with Gasteiger partial charge in [-0.05, 0) is 27.7 Å². The fraction of sp³-hybridized carbons (Fsp3) is 0.833. The molecule has 0 aliphatic rings. The molecule has 0 atom stereocenters. The van der Waals surface area contributed by atoms with Gasteiger partial charge in [-0.15, -0.1) is 0 Å². The molecule has 5 heteroatoms. The highest BCUT2D eigenvalue weighted by Crippen LogP contribution is 2.10. The Kier molecular flexibility index (Phi) is 6.80. The zero-order valence-corrected chi connectivity index (χ0v) is 11.4. The van der Waals surface area contributed by atoms with Crippen LogP contribution in [0, 0.1) is 0 Å². The van der Waals surface area contributed by atoms with Gasteiger partial charge >= 0.3 is 6.09 Å². The first-order chi connectivity index (χ1) is 7.76. The summed E-state index contributed by atoms with van der Waals surface area (Å²) in [6.07, 6.45) is -0.0704. The van der Waals surface area contributed by atoms with E-state index in [0.29, 0.717) is 26.1 Å². The van der Waals surface area contributed by atoms with Crippen LogP contribution in [0.15, 0.2) is 0 Å². The van der Waals surface area contributed by atoms with Gasteiger partial charge in [0, 0.05) is 26.6 Å². The van der Waals surface area contributed by atoms with Crippen LogP contribution in [0.3, 0.4) is 0 Å². The molecule has 0 N–H and O–H groups in total. The summed E-state index contributed by atoms with van der Waals surface area (Å²) >= 11 is 0. The largest absolute Gasteiger partial charge is 0.444 e. The van der Waals surface area contributed by atoms with Crippen LogP contribution in [0.2, 0.25) is 0 Å². The molecule has 0 bridgehead atoms. The van der Waals surface area contributed by atoms with Gasteiger partial charge in [0.05, 0.1) is 6.61 Å². The topological polar surface area (TPSA) is 55.8 Å². The summed E-state index contributed by atoms with van der Waals surface area (Å²) < 4.78 is 10.2. The number of nitrogens with zero attached hydrogens (tertiary/aromatic N) is 1. The molecule has 100 valence electrons. The van der Waals surface area contributed by atoms with E-state index in [-0.39, 0.29) is 5.78 Å². The molecule has 0 heterocycles. The maximum Gasteiger partial charge on any atom is 0.410 e. The summed E-state index contributed by atoms with van der Waals surface area (Å²) in [6, 6.07) is 0. The van der Waals surface area contributed by atoms with E-state index in [1.807, 2.05) is 20.8 Å². The lowest BCUT2D eigenvalue weighted by molar-refractivity contribution is -0.117. The third-order valence-electron chi connectivity index (χ3n) is 1.95. The Morgan fingerprint density at radius 3 is 2.18 bits per heavy atom. The molecule has 0 aliphatic carbocycles. The maximum atomic E-state index is 11.8. The Bertz CT molecular complexity index is 258. The second-order valence-electron chi connectivity index (χ2n) is 4.91. The number of ketones is 1. The quantitative estimate of drug-likeness (QED) is 0.716. The van der Waals surface area contributed by atoms with Crippen LogP contribution in [0.5, 0.6) is 0 Å². The summed E-state index contributed by atoms with van der Waals surface area (Å²) in [5.41, 5.74) is -0.529. The summed E-state index contributed by atoms with van der Waals surface area (Å²) in [4.78, 5) is 24.2. The van der Waals surface area contributed by atoms with E-state index >= 15 is 0 Å². The molecule has 0 aromatic carbocycles. The Balaban J connectivity index is 4.33. The fourth-order valence-electron chi connectivity index (χ4n) is 1.11. The summed E-state index contributed by atoms with van der Waals surface area (Å²) in [5, 5.41) is 0. The lowest BCUT2D eigenvalue weighted by atomic mass is 10.2. The van der Waals surface area contributed by atoms with Crippen LogP contribution in [0.1, 0.15) is 34.1 Å². The lowest BCUT2D eigenvalue weighted by Crippen LogP contribution is -2.39. The van der Waals surface area contributed by atoms with E-state index < -0.39 is 11.7 Å². The third kappa shape index (κ3) is 8.68. The standard InChI is InChI=1S/C12H23NO4/c1-10(14)6-7-13(8-9-16-5)11(15)17-12(2,3)4/h6-9H2,1-5H3. The minimum Gasteiger partial charge on any atom is -0.444 e. The zero-order chi connectivity index (χ0) is 13.5. The number of Topliss-reactive ketones (excluding diaryl/α,β-unsaturated/α-hetero) is 1. The molecule has 0 fully saturated rings. The number of carbonyl (C=O) groups excluding carboxylic acids is 2. The van der Waals surface area contributed by atoms with Crippen molar-refractivity contribution in [3.05, 3.63) is 0 Å². The summed E-state index contributed by atoms with van der Waals surface area (Å²) in [5.74, 6) is 0.0518. The van der Waals surface area contributed by atoms with Crippen LogP contribution < -0.4 is 0 Å². The lowest BCUT2D eigenvalue weighted by Gasteiger charge is -2.27. The zero-order valence-electron chi connectivity index (χ0n) is 11.4. The first kappa shape index (κ1) is 15.9. The van der Waals surface area contributed by atoms with Crippen molar-refractivity contribution in [2.75, 3.05) is 26.8 Å². The average Bonchev–Trinajstić information content (AvgIpc) is 2.14. The molecule has 0 rings (SSSR count). The first-order valence-electron chi connectivity index (χ1n) is 5.72. The maximum absolute atomic E-state index is 11.8. The van der Waals surface area contributed by atoms with E-state index in [4.69, 9.17) is 9.47 Å². The highest BCUT2D eigenvalue weighted by atomic mass is 16.6. The van der Waals surface area contributed by atoms with Crippen LogP contribution in [-0.4, -0.2) is 49.2 Å². The predicted molar refractivity (Wildman–Crippen MR) is 65.0 cm³/mol. The number of rotatable bonds is 6. The van der Waals surface area contributed by atoms with Gasteiger partial charge in [0.1, 0.15) is 11.4 Å². The number of ether oxygens (including phenoxy) is 2. The number of amides is 1. The van der Waals surface area contributed by atoms with Gasteiger partial charge in [0.25, 0.3) is 0 Å². The van der Waals surface area contributed by atoms with Crippen molar-refractivity contribution in [3.8, 4) is 0 Å². The molecule has 0 saturated heterocycles. The van der Waals surface area contributed by atoms with Crippen LogP contribution >= 0.6 is 0 Å². The molecule has 0 radical (unpaired) electrons. The molecule has 0 aromatic heterocycles. The summed E-state index contributed by atoms with van der Waals surface area (Å²) in [7, 11) is 1.57. The van der Waals surface area contributed by atoms with E-state index in [2.05, 4.69) is 0 Å². The van der Waals surface area contributed by atoms with Crippen molar-refractivity contribution in [1.82, 2.24) is 4.90 Å². The first-order valence-corrected chi connectivity index (χ1v) is 5.72. The smallest absolute Gasteiger partial charge is 0.410 e. The molecule has 0 aromatic rings. The van der Waals surface area contributed by atoms with E-state index in [1.54, 1.807) is 7.11 Å². The Labute approximate surface area is 103 Å². The third-order valence-corrected chi connectivity index (χ3v) is 1.95. The van der Waals surface area contributed by atoms with Gasteiger partial charge < -0.3 is 14.4 Å². The Hall–Kier alpha value is -1.10. The molecule has 0 aliphatic heterocycles. The van der Waals surface area contributed by atoms with E-state index in [0.717, 1.165) is 0 Å². The van der Waals surface area contributed by atoms with Gasteiger partial charge in [-0.3, -0.25) is 4.79 Å². The second-order valence-corrected chi connectivity index (χ2v) is 4.91. The molecule has 0 spiro atoms. The van der Waals surface area contributed by atoms with Crippen LogP contribution in [0.25, 0.3) is 0 Å². The molecular weight excluding hydrogens is 222 g/mol. The van der Waals surface area contributed by atoms with Crippen molar-refractivity contribution in [3.63, 3.8) is 0 Å². The predicted octanol–water partition coefficient (Wildman–Crippen LogP) is 1.85. The fourth-order valence-corrected chi connectivity index (χ4v) is 1.11. The van der Waals surface area contributed by atoms with Gasteiger partial charge in [0.15, 0.2) is 0 Å². The van der Waals surface area contributed by atoms with Crippen molar-refractivity contribution in [2.45, 2.75) is 39.7 Å². The number of hydrogen-bond acceptors (Lipinski definition) is 4. The monoisotopic (exact) mass is 245 g/mol. The second kappa shape index (κ2) is 7.27. The minimum absolute atomic E-state index is 0.0518. The number of carbonyl (C=O) groups is 2. The van der Waals surface area contributed by atoms with E-state index in [1.165, 1.54) is 11.8 Å². The van der Waals surface area contributed by atoms with Crippen molar-refractivity contribution >= 4 is 11.9 Å². The number of hydrogen-bond donors (Lipinski definition) is 0. The van der Waals surface area contributed by atoms with E-state index in [9.17, 15) is 9.59 Å². The van der Waals surface area contributed by atoms with Gasteiger partial charge in [0.2, 0.25) is 0 Å². The molecule has 1 amide bonds. The van der Waals surface area contributed by atoms with Crippen molar-refractivity contribution in [1.29, 1.82) is 0 Å². The normalized spacial score (nSPS) is 11.1. The Morgan fingerprint density at radius 2 is 1.76 bits per heavy atom. The SMILES string of the molecule is COCCN(CCC(C)=O)C(=O)OC(C)(C)C. The highest BCUT2D eigenvalue weighted by molar-refractivity contribution is 5.76. The Morgan fingerprint density at radius 1 is 1.18 bits per heavy atom. The molecule has 5 nitrogen and oxygen atoms in total. The highest BCUT2D eigenvalue weighted by Gasteiger charge is 2.21. The molecule has 0 saturated carbocycles. The van der Waals surface area contributed by atoms with Gasteiger partial charge in [-0.2, -0.15) is 0 Å². The number of methoxy groups -OCH3 is 1. The van der Waals surface area contributed by atoms with Gasteiger partial charge in [-0.1, -0.05) is 0 Å². The van der Waals surface area contributed by atoms with Gasteiger partial charge in [-0.25, -0.2) is 4.79 Å². The molecule has 0 unspecified atom stereocenters. The summed E-state index contributed by atoms with van der Waals surface area (Å²) in [6.45, 7) is 8.16. The average molecular weight is 245 g/mol. The molecule has 17 heavy (non-hydrogen) atoms. The minimum atomic E-state index is -0.529. The van der Waals surface area contributed by atoms with Crippen LogP contribution in [0.4, 0.5) is 4.79 Å². The molecular formula is C12H23NO4. The van der Waals surface area contributed by atoms with Crippen molar-refractivity contribution in [2.24, 2.45) is 0 Å².